The maximum atomic E-state index is 5.90. The monoisotopic (exact) mass is 336 g/mol. The Labute approximate surface area is 149 Å². The Hall–Kier alpha value is -2.62. The minimum absolute atomic E-state index is 0.612. The van der Waals surface area contributed by atoms with Gasteiger partial charge in [-0.15, -0.1) is 0 Å². The van der Waals surface area contributed by atoms with Crippen molar-refractivity contribution < 1.29 is 9.47 Å². The molecule has 0 aromatic heterocycles. The fourth-order valence-corrected chi connectivity index (χ4v) is 2.59. The van der Waals surface area contributed by atoms with Crippen molar-refractivity contribution in [1.29, 1.82) is 0 Å². The third-order valence-electron chi connectivity index (χ3n) is 3.93. The van der Waals surface area contributed by atoms with Crippen molar-refractivity contribution in [2.24, 2.45) is 9.98 Å². The minimum atomic E-state index is 0.612. The van der Waals surface area contributed by atoms with Crippen LogP contribution < -0.4 is 9.47 Å². The van der Waals surface area contributed by atoms with Gasteiger partial charge in [-0.2, -0.15) is 0 Å². The predicted molar refractivity (Wildman–Crippen MR) is 103 cm³/mol. The fourth-order valence-electron chi connectivity index (χ4n) is 2.59. The largest absolute Gasteiger partial charge is 0.493 e. The molecule has 0 bridgehead atoms. The van der Waals surface area contributed by atoms with Crippen molar-refractivity contribution in [2.75, 3.05) is 26.3 Å². The highest BCUT2D eigenvalue weighted by Crippen LogP contribution is 2.18. The van der Waals surface area contributed by atoms with E-state index in [-0.39, 0.29) is 0 Å². The Kier molecular flexibility index (Phi) is 6.62. The molecule has 1 aliphatic rings. The molecule has 0 spiro atoms. The summed E-state index contributed by atoms with van der Waals surface area (Å²) in [4.78, 5) is 9.03. The van der Waals surface area contributed by atoms with Crippen LogP contribution in [0.1, 0.15) is 30.4 Å². The first-order valence-corrected chi connectivity index (χ1v) is 8.87. The first kappa shape index (κ1) is 17.2. The summed E-state index contributed by atoms with van der Waals surface area (Å²) in [5.74, 6) is 1.75. The Morgan fingerprint density at radius 2 is 1.08 bits per heavy atom. The highest BCUT2D eigenvalue weighted by atomic mass is 16.5. The molecule has 0 atom stereocenters. The fraction of sp³-hybridized carbons (Fsp3) is 0.333. The normalized spacial score (nSPS) is 16.0. The summed E-state index contributed by atoms with van der Waals surface area (Å²) in [6.45, 7) is 2.84. The minimum Gasteiger partial charge on any atom is -0.493 e. The van der Waals surface area contributed by atoms with E-state index in [9.17, 15) is 0 Å². The van der Waals surface area contributed by atoms with Crippen molar-refractivity contribution in [3.05, 3.63) is 59.7 Å². The summed E-state index contributed by atoms with van der Waals surface area (Å²) in [6, 6.07) is 16.0. The molecule has 0 saturated heterocycles. The van der Waals surface area contributed by atoms with Gasteiger partial charge in [-0.3, -0.25) is 9.98 Å². The van der Waals surface area contributed by atoms with Crippen LogP contribution in [0.15, 0.2) is 58.5 Å². The molecular formula is C21H24N2O2. The molecule has 25 heavy (non-hydrogen) atoms. The van der Waals surface area contributed by atoms with Gasteiger partial charge in [-0.05, 0) is 37.1 Å². The van der Waals surface area contributed by atoms with Crippen LogP contribution in [0.4, 0.5) is 0 Å². The molecule has 1 heterocycles. The third kappa shape index (κ3) is 5.45. The van der Waals surface area contributed by atoms with E-state index >= 15 is 0 Å². The molecular weight excluding hydrogens is 312 g/mol. The zero-order valence-corrected chi connectivity index (χ0v) is 14.4. The summed E-state index contributed by atoms with van der Waals surface area (Å²) in [5.41, 5.74) is 2.05. The Balaban J connectivity index is 1.69. The Morgan fingerprint density at radius 1 is 0.600 bits per heavy atom. The van der Waals surface area contributed by atoms with E-state index in [1.807, 2.05) is 61.0 Å². The molecule has 1 aliphatic heterocycles. The number of nitrogens with zero attached hydrogens (tertiary/aromatic N) is 2. The van der Waals surface area contributed by atoms with Gasteiger partial charge in [0, 0.05) is 43.1 Å². The number of hydrogen-bond acceptors (Lipinski definition) is 4. The first-order valence-electron chi connectivity index (χ1n) is 8.87. The molecule has 0 unspecified atom stereocenters. The second-order valence-electron chi connectivity index (χ2n) is 5.90. The molecule has 4 nitrogen and oxygen atoms in total. The molecule has 130 valence electrons. The zero-order valence-electron chi connectivity index (χ0n) is 14.4. The number of fused-ring (bicyclic) bond motifs is 2. The van der Waals surface area contributed by atoms with Crippen LogP contribution in [-0.2, 0) is 0 Å². The number of benzene rings is 2. The van der Waals surface area contributed by atoms with E-state index in [4.69, 9.17) is 9.47 Å². The average Bonchev–Trinajstić information content (AvgIpc) is 2.65. The quantitative estimate of drug-likeness (QED) is 0.725. The second kappa shape index (κ2) is 9.62. The lowest BCUT2D eigenvalue weighted by molar-refractivity contribution is 0.247. The van der Waals surface area contributed by atoms with Gasteiger partial charge in [-0.25, -0.2) is 0 Å². The van der Waals surface area contributed by atoms with Crippen LogP contribution in [0.5, 0.6) is 11.5 Å². The molecule has 0 amide bonds. The molecule has 0 aliphatic carbocycles. The zero-order chi connectivity index (χ0) is 17.2. The van der Waals surface area contributed by atoms with Crippen LogP contribution in [0, 0.1) is 0 Å². The Bertz CT molecular complexity index is 664. The molecule has 2 aromatic rings. The van der Waals surface area contributed by atoms with E-state index < -0.39 is 0 Å². The van der Waals surface area contributed by atoms with Crippen molar-refractivity contribution >= 4 is 12.4 Å². The summed E-state index contributed by atoms with van der Waals surface area (Å²) in [5, 5.41) is 0. The lowest BCUT2D eigenvalue weighted by Crippen LogP contribution is -2.07. The van der Waals surface area contributed by atoms with Gasteiger partial charge in [0.1, 0.15) is 11.5 Å². The number of hydrogen-bond donors (Lipinski definition) is 0. The highest BCUT2D eigenvalue weighted by molar-refractivity contribution is 5.84. The molecule has 0 saturated carbocycles. The number of aliphatic imine (C=N–C) groups is 2. The summed E-state index contributed by atoms with van der Waals surface area (Å²) >= 11 is 0. The van der Waals surface area contributed by atoms with E-state index in [1.165, 1.54) is 0 Å². The maximum absolute atomic E-state index is 5.90. The van der Waals surface area contributed by atoms with Crippen molar-refractivity contribution in [3.63, 3.8) is 0 Å². The number of ether oxygens (including phenoxy) is 2. The standard InChI is InChI=1S/C21H24N2O2/c1-3-10-20-18(8-1)16-22-12-5-6-13-23-17-19-9-2-4-11-21(19)25-15-7-14-24-20/h1-4,8-11,16-17H,5-7,12-15H2. The Morgan fingerprint density at radius 3 is 1.60 bits per heavy atom. The molecule has 2 aromatic carbocycles. The summed E-state index contributed by atoms with van der Waals surface area (Å²) < 4.78 is 11.8. The van der Waals surface area contributed by atoms with Crippen LogP contribution in [0.25, 0.3) is 0 Å². The highest BCUT2D eigenvalue weighted by Gasteiger charge is 2.03. The van der Waals surface area contributed by atoms with Gasteiger partial charge < -0.3 is 9.47 Å². The van der Waals surface area contributed by atoms with Gasteiger partial charge in [0.25, 0.3) is 0 Å². The van der Waals surface area contributed by atoms with Gasteiger partial charge in [0.15, 0.2) is 0 Å². The maximum Gasteiger partial charge on any atom is 0.128 e. The van der Waals surface area contributed by atoms with E-state index in [2.05, 4.69) is 9.98 Å². The number of rotatable bonds is 0. The van der Waals surface area contributed by atoms with E-state index in [0.717, 1.165) is 55.0 Å². The van der Waals surface area contributed by atoms with Crippen molar-refractivity contribution in [2.45, 2.75) is 19.3 Å². The van der Waals surface area contributed by atoms with Crippen LogP contribution in [0.3, 0.4) is 0 Å². The van der Waals surface area contributed by atoms with Gasteiger partial charge in [0.2, 0.25) is 0 Å². The second-order valence-corrected chi connectivity index (χ2v) is 5.90. The third-order valence-corrected chi connectivity index (χ3v) is 3.93. The van der Waals surface area contributed by atoms with Crippen molar-refractivity contribution in [1.82, 2.24) is 0 Å². The number of para-hydroxylation sites is 2. The summed E-state index contributed by atoms with van der Waals surface area (Å²) in [7, 11) is 0. The van der Waals surface area contributed by atoms with Gasteiger partial charge in [0.05, 0.1) is 13.2 Å². The first-order chi connectivity index (χ1) is 12.4. The van der Waals surface area contributed by atoms with Crippen LogP contribution in [-0.4, -0.2) is 38.7 Å². The smallest absolute Gasteiger partial charge is 0.128 e. The topological polar surface area (TPSA) is 43.2 Å². The average molecular weight is 336 g/mol. The SMILES string of the molecule is C1=NCCCCN=Cc2ccccc2OCCCOc2ccccc21. The van der Waals surface area contributed by atoms with Crippen molar-refractivity contribution in [3.8, 4) is 11.5 Å². The lowest BCUT2D eigenvalue weighted by Gasteiger charge is -2.11. The summed E-state index contributed by atoms with van der Waals surface area (Å²) in [6.07, 6.45) is 6.67. The van der Waals surface area contributed by atoms with E-state index in [1.54, 1.807) is 0 Å². The molecule has 3 rings (SSSR count). The molecule has 0 N–H and O–H groups in total. The molecule has 4 heteroatoms. The molecule has 0 radical (unpaired) electrons. The predicted octanol–water partition coefficient (Wildman–Crippen LogP) is 4.17. The lowest BCUT2D eigenvalue weighted by atomic mass is 10.2. The van der Waals surface area contributed by atoms with Crippen LogP contribution in [0.2, 0.25) is 0 Å². The van der Waals surface area contributed by atoms with Gasteiger partial charge >= 0.3 is 0 Å². The van der Waals surface area contributed by atoms with Crippen LogP contribution >= 0.6 is 0 Å². The van der Waals surface area contributed by atoms with Gasteiger partial charge in [-0.1, -0.05) is 24.3 Å². The van der Waals surface area contributed by atoms with E-state index in [0.29, 0.717) is 13.2 Å². The molecule has 0 fully saturated rings.